The number of hydrogen-bond donors (Lipinski definition) is 2. The molecule has 1 heterocycles. The van der Waals surface area contributed by atoms with E-state index < -0.39 is 6.36 Å². The molecule has 0 bridgehead atoms. The number of benzene rings is 2. The minimum absolute atomic E-state index is 0.0590. The zero-order valence-corrected chi connectivity index (χ0v) is 18.0. The van der Waals surface area contributed by atoms with Crippen LogP contribution >= 0.6 is 0 Å². The highest BCUT2D eigenvalue weighted by atomic mass is 19.4. The van der Waals surface area contributed by atoms with Crippen molar-refractivity contribution >= 4 is 0 Å². The Morgan fingerprint density at radius 3 is 2.21 bits per heavy atom. The van der Waals surface area contributed by atoms with Gasteiger partial charge in [0.05, 0.1) is 17.9 Å². The molecule has 1 aliphatic carbocycles. The van der Waals surface area contributed by atoms with Gasteiger partial charge in [-0.15, -0.1) is 13.2 Å². The van der Waals surface area contributed by atoms with E-state index in [2.05, 4.69) is 16.6 Å². The minimum Gasteiger partial charge on any atom is -0.457 e. The summed E-state index contributed by atoms with van der Waals surface area (Å²) in [5.74, 6) is 0.995. The van der Waals surface area contributed by atoms with E-state index >= 15 is 0 Å². The molecule has 2 aromatic carbocycles. The quantitative estimate of drug-likeness (QED) is 0.493. The summed E-state index contributed by atoms with van der Waals surface area (Å²) in [5, 5.41) is 9.90. The van der Waals surface area contributed by atoms with Gasteiger partial charge in [0.2, 0.25) is 0 Å². The number of nitrogens with one attached hydrogen (secondary N) is 1. The minimum atomic E-state index is -4.75. The van der Waals surface area contributed by atoms with Crippen LogP contribution in [0.1, 0.15) is 36.7 Å². The largest absolute Gasteiger partial charge is 0.573 e. The Kier molecular flexibility index (Phi) is 6.47. The smallest absolute Gasteiger partial charge is 0.457 e. The highest BCUT2D eigenvalue weighted by Gasteiger charge is 2.31. The molecule has 1 aliphatic rings. The Morgan fingerprint density at radius 2 is 1.64 bits per heavy atom. The summed E-state index contributed by atoms with van der Waals surface area (Å²) in [6.45, 7) is 1.86. The molecule has 0 fully saturated rings. The Balaban J connectivity index is 1.56. The van der Waals surface area contributed by atoms with E-state index in [4.69, 9.17) is 4.74 Å². The van der Waals surface area contributed by atoms with E-state index in [1.54, 1.807) is 24.3 Å². The molecule has 8 heteroatoms. The third-order valence-corrected chi connectivity index (χ3v) is 5.94. The first-order valence-electron chi connectivity index (χ1n) is 10.8. The van der Waals surface area contributed by atoms with Crippen LogP contribution in [0.4, 0.5) is 13.2 Å². The van der Waals surface area contributed by atoms with E-state index in [9.17, 15) is 23.1 Å². The Bertz CT molecular complexity index is 1170. The lowest BCUT2D eigenvalue weighted by Gasteiger charge is -2.24. The second-order valence-corrected chi connectivity index (χ2v) is 8.09. The lowest BCUT2D eigenvalue weighted by atomic mass is 9.83. The maximum atomic E-state index is 13.2. The SMILES string of the molecule is CCC1CCc2c([nH]c(CO)c(-c3ccc(Oc4ccc(OC(F)(F)F)cc4)cc3)c2=O)C1. The summed E-state index contributed by atoms with van der Waals surface area (Å²) in [6.07, 6.45) is -1.19. The zero-order chi connectivity index (χ0) is 23.6. The summed E-state index contributed by atoms with van der Waals surface area (Å²) < 4.78 is 46.4. The Labute approximate surface area is 188 Å². The highest BCUT2D eigenvalue weighted by Crippen LogP contribution is 2.31. The second kappa shape index (κ2) is 9.31. The van der Waals surface area contributed by atoms with Gasteiger partial charge in [-0.2, -0.15) is 0 Å². The van der Waals surface area contributed by atoms with Crippen molar-refractivity contribution in [3.63, 3.8) is 0 Å². The van der Waals surface area contributed by atoms with E-state index in [0.29, 0.717) is 34.2 Å². The van der Waals surface area contributed by atoms with Gasteiger partial charge in [-0.25, -0.2) is 0 Å². The first kappa shape index (κ1) is 22.9. The number of rotatable bonds is 6. The normalized spacial score (nSPS) is 15.7. The third-order valence-electron chi connectivity index (χ3n) is 5.94. The number of alkyl halides is 3. The summed E-state index contributed by atoms with van der Waals surface area (Å²) in [7, 11) is 0. The number of aliphatic hydroxyl groups excluding tert-OH is 1. The van der Waals surface area contributed by atoms with Gasteiger partial charge in [-0.3, -0.25) is 4.79 Å². The monoisotopic (exact) mass is 459 g/mol. The molecule has 2 N–H and O–H groups in total. The molecule has 0 amide bonds. The van der Waals surface area contributed by atoms with E-state index in [-0.39, 0.29) is 17.8 Å². The van der Waals surface area contributed by atoms with Gasteiger partial charge in [-0.1, -0.05) is 25.5 Å². The van der Waals surface area contributed by atoms with Crippen LogP contribution in [0.2, 0.25) is 0 Å². The fourth-order valence-corrected chi connectivity index (χ4v) is 4.23. The molecule has 3 aromatic rings. The predicted molar refractivity (Wildman–Crippen MR) is 117 cm³/mol. The van der Waals surface area contributed by atoms with Gasteiger partial charge in [0.1, 0.15) is 17.2 Å². The van der Waals surface area contributed by atoms with Crippen molar-refractivity contribution in [3.05, 3.63) is 75.7 Å². The summed E-state index contributed by atoms with van der Waals surface area (Å²) in [5.41, 5.74) is 3.24. The molecule has 174 valence electrons. The maximum Gasteiger partial charge on any atom is 0.573 e. The van der Waals surface area contributed by atoms with Crippen molar-refractivity contribution < 1.29 is 27.8 Å². The van der Waals surface area contributed by atoms with Crippen LogP contribution in [0, 0.1) is 5.92 Å². The molecule has 1 aromatic heterocycles. The van der Waals surface area contributed by atoms with E-state index in [1.165, 1.54) is 24.3 Å². The number of fused-ring (bicyclic) bond motifs is 1. The van der Waals surface area contributed by atoms with Crippen LogP contribution in [0.5, 0.6) is 17.2 Å². The first-order valence-corrected chi connectivity index (χ1v) is 10.8. The van der Waals surface area contributed by atoms with Gasteiger partial charge in [0.15, 0.2) is 5.43 Å². The predicted octanol–water partition coefficient (Wildman–Crippen LogP) is 5.74. The zero-order valence-electron chi connectivity index (χ0n) is 18.0. The van der Waals surface area contributed by atoms with Crippen molar-refractivity contribution in [1.29, 1.82) is 0 Å². The molecule has 1 atom stereocenters. The fraction of sp³-hybridized carbons (Fsp3) is 0.320. The summed E-state index contributed by atoms with van der Waals surface area (Å²) in [4.78, 5) is 16.5. The molecule has 4 rings (SSSR count). The highest BCUT2D eigenvalue weighted by molar-refractivity contribution is 5.68. The number of H-pyrrole nitrogens is 1. The van der Waals surface area contributed by atoms with Crippen LogP contribution in [0.25, 0.3) is 11.1 Å². The first-order chi connectivity index (χ1) is 15.8. The molecule has 0 spiro atoms. The summed E-state index contributed by atoms with van der Waals surface area (Å²) in [6, 6.07) is 11.9. The van der Waals surface area contributed by atoms with Crippen LogP contribution in [-0.2, 0) is 19.4 Å². The Hall–Kier alpha value is -3.26. The topological polar surface area (TPSA) is 71.6 Å². The number of halogens is 3. The van der Waals surface area contributed by atoms with Crippen molar-refractivity contribution in [3.8, 4) is 28.4 Å². The van der Waals surface area contributed by atoms with Crippen molar-refractivity contribution in [2.45, 2.75) is 45.6 Å². The van der Waals surface area contributed by atoms with Gasteiger partial charge < -0.3 is 19.6 Å². The molecule has 5 nitrogen and oxygen atoms in total. The number of aromatic nitrogens is 1. The molecule has 0 saturated heterocycles. The molecule has 0 radical (unpaired) electrons. The van der Waals surface area contributed by atoms with Crippen LogP contribution < -0.4 is 14.9 Å². The number of ether oxygens (including phenoxy) is 2. The van der Waals surface area contributed by atoms with Crippen molar-refractivity contribution in [2.24, 2.45) is 5.92 Å². The lowest BCUT2D eigenvalue weighted by molar-refractivity contribution is -0.274. The average Bonchev–Trinajstić information content (AvgIpc) is 2.79. The maximum absolute atomic E-state index is 13.2. The number of aliphatic hydroxyl groups is 1. The van der Waals surface area contributed by atoms with Crippen LogP contribution in [-0.4, -0.2) is 16.5 Å². The molecule has 0 saturated carbocycles. The Morgan fingerprint density at radius 1 is 1.03 bits per heavy atom. The van der Waals surface area contributed by atoms with Gasteiger partial charge >= 0.3 is 6.36 Å². The van der Waals surface area contributed by atoms with Crippen molar-refractivity contribution in [2.75, 3.05) is 0 Å². The number of hydrogen-bond acceptors (Lipinski definition) is 4. The molecule has 33 heavy (non-hydrogen) atoms. The average molecular weight is 459 g/mol. The molecule has 1 unspecified atom stereocenters. The third kappa shape index (κ3) is 5.22. The van der Waals surface area contributed by atoms with Crippen LogP contribution in [0.15, 0.2) is 53.3 Å². The molecular formula is C25H24F3NO4. The van der Waals surface area contributed by atoms with Crippen LogP contribution in [0.3, 0.4) is 0 Å². The summed E-state index contributed by atoms with van der Waals surface area (Å²) >= 11 is 0. The van der Waals surface area contributed by atoms with Gasteiger partial charge in [0, 0.05) is 11.3 Å². The molecular weight excluding hydrogens is 435 g/mol. The standard InChI is InChI=1S/C25H24F3NO4/c1-2-15-3-12-20-21(13-15)29-22(14-30)23(24(20)31)16-4-6-17(7-5-16)32-18-8-10-19(11-9-18)33-25(26,27)28/h4-11,15,30H,2-3,12-14H2,1H3,(H,29,31). The van der Waals surface area contributed by atoms with Gasteiger partial charge in [-0.05, 0) is 67.1 Å². The second-order valence-electron chi connectivity index (χ2n) is 8.09. The fourth-order valence-electron chi connectivity index (χ4n) is 4.23. The van der Waals surface area contributed by atoms with E-state index in [0.717, 1.165) is 36.9 Å². The van der Waals surface area contributed by atoms with Gasteiger partial charge in [0.25, 0.3) is 0 Å². The van der Waals surface area contributed by atoms with E-state index in [1.807, 2.05) is 0 Å². The van der Waals surface area contributed by atoms with Crippen molar-refractivity contribution in [1.82, 2.24) is 4.98 Å². The number of aromatic amines is 1. The lowest BCUT2D eigenvalue weighted by Crippen LogP contribution is -2.25. The molecule has 0 aliphatic heterocycles. The number of pyridine rings is 1.